The molecule has 1 aliphatic heterocycles. The number of hydrogen-bond donors (Lipinski definition) is 1. The smallest absolute Gasteiger partial charge is 0.308 e. The van der Waals surface area contributed by atoms with Gasteiger partial charge in [-0.25, -0.2) is 4.98 Å². The summed E-state index contributed by atoms with van der Waals surface area (Å²) in [4.78, 5) is 19.8. The summed E-state index contributed by atoms with van der Waals surface area (Å²) in [6.45, 7) is 6.80. The van der Waals surface area contributed by atoms with Crippen molar-refractivity contribution in [3.8, 4) is 12.3 Å². The first-order valence-corrected chi connectivity index (χ1v) is 8.13. The van der Waals surface area contributed by atoms with Gasteiger partial charge in [0.1, 0.15) is 5.82 Å². The first-order valence-electron chi connectivity index (χ1n) is 8.13. The van der Waals surface area contributed by atoms with Crippen molar-refractivity contribution in [1.29, 1.82) is 0 Å². The maximum absolute atomic E-state index is 11.1. The van der Waals surface area contributed by atoms with E-state index >= 15 is 0 Å². The molecule has 1 aromatic heterocycles. The van der Waals surface area contributed by atoms with Crippen LogP contribution in [0.5, 0.6) is 0 Å². The number of aromatic nitrogens is 1. The molecule has 1 atom stereocenters. The maximum Gasteiger partial charge on any atom is 0.308 e. The van der Waals surface area contributed by atoms with Crippen LogP contribution in [-0.2, 0) is 4.79 Å². The first-order chi connectivity index (χ1) is 11.0. The molecule has 5 nitrogen and oxygen atoms in total. The van der Waals surface area contributed by atoms with Crippen molar-refractivity contribution < 1.29 is 9.90 Å². The molecular formula is C18H25N3O2. The highest BCUT2D eigenvalue weighted by molar-refractivity contribution is 5.70. The number of carbonyl (C=O) groups is 1. The van der Waals surface area contributed by atoms with Crippen molar-refractivity contribution in [2.45, 2.75) is 26.7 Å². The third-order valence-electron chi connectivity index (χ3n) is 4.40. The molecule has 124 valence electrons. The van der Waals surface area contributed by atoms with Crippen molar-refractivity contribution in [2.24, 2.45) is 11.8 Å². The van der Waals surface area contributed by atoms with Gasteiger partial charge >= 0.3 is 5.97 Å². The number of nitrogens with zero attached hydrogens (tertiary/aromatic N) is 3. The molecule has 0 amide bonds. The highest BCUT2D eigenvalue weighted by atomic mass is 16.4. The highest BCUT2D eigenvalue weighted by Gasteiger charge is 2.19. The molecule has 1 N–H and O–H groups in total. The normalized spacial score (nSPS) is 16.7. The highest BCUT2D eigenvalue weighted by Crippen LogP contribution is 2.23. The molecule has 1 fully saturated rings. The number of piperidine rings is 1. The van der Waals surface area contributed by atoms with Crippen LogP contribution in [0.15, 0.2) is 18.3 Å². The third kappa shape index (κ3) is 4.62. The Morgan fingerprint density at radius 2 is 2.22 bits per heavy atom. The van der Waals surface area contributed by atoms with E-state index in [1.807, 2.05) is 17.0 Å². The largest absolute Gasteiger partial charge is 0.481 e. The number of aliphatic carboxylic acids is 1. The quantitative estimate of drug-likeness (QED) is 0.817. The summed E-state index contributed by atoms with van der Waals surface area (Å²) >= 11 is 0. The van der Waals surface area contributed by atoms with Crippen LogP contribution in [0, 0.1) is 24.2 Å². The molecule has 0 spiro atoms. The molecule has 1 aromatic rings. The Balaban J connectivity index is 2.06. The van der Waals surface area contributed by atoms with Gasteiger partial charge in [-0.05, 0) is 30.9 Å². The van der Waals surface area contributed by atoms with Crippen LogP contribution in [0.4, 0.5) is 11.5 Å². The molecule has 0 saturated carbocycles. The fourth-order valence-electron chi connectivity index (χ4n) is 2.77. The van der Waals surface area contributed by atoms with Crippen molar-refractivity contribution in [2.75, 3.05) is 36.0 Å². The second-order valence-electron chi connectivity index (χ2n) is 6.37. The van der Waals surface area contributed by atoms with Gasteiger partial charge in [0.05, 0.1) is 24.3 Å². The Kier molecular flexibility index (Phi) is 5.86. The number of anilines is 2. The fraction of sp³-hybridized carbons (Fsp3) is 0.556. The lowest BCUT2D eigenvalue weighted by molar-refractivity contribution is -0.140. The standard InChI is InChI=1S/C18H25N3O2/c1-4-9-21(13-15(3)18(22)23)16-5-6-17(19-12-16)20-10-7-14(2)8-11-20/h1,5-6,12,14-15H,7-11,13H2,2-3H3,(H,22,23). The summed E-state index contributed by atoms with van der Waals surface area (Å²) in [6, 6.07) is 3.98. The average molecular weight is 315 g/mol. The SMILES string of the molecule is C#CCN(CC(C)C(=O)O)c1ccc(N2CCC(C)CC2)nc1. The predicted molar refractivity (Wildman–Crippen MR) is 92.7 cm³/mol. The van der Waals surface area contributed by atoms with Gasteiger partial charge in [0.15, 0.2) is 0 Å². The Bertz CT molecular complexity index is 557. The van der Waals surface area contributed by atoms with Gasteiger partial charge in [0.2, 0.25) is 0 Å². The number of pyridine rings is 1. The van der Waals surface area contributed by atoms with Gasteiger partial charge in [0, 0.05) is 19.6 Å². The van der Waals surface area contributed by atoms with Crippen molar-refractivity contribution >= 4 is 17.5 Å². The predicted octanol–water partition coefficient (Wildman–Crippen LogP) is 2.48. The third-order valence-corrected chi connectivity index (χ3v) is 4.40. The van der Waals surface area contributed by atoms with Crippen LogP contribution >= 0.6 is 0 Å². The number of carboxylic acid groups (broad SMARTS) is 1. The number of terminal acetylenes is 1. The first kappa shape index (κ1) is 17.1. The lowest BCUT2D eigenvalue weighted by Crippen LogP contribution is -2.34. The van der Waals surface area contributed by atoms with E-state index in [4.69, 9.17) is 11.5 Å². The molecule has 1 aliphatic rings. The zero-order valence-electron chi connectivity index (χ0n) is 13.9. The van der Waals surface area contributed by atoms with Crippen molar-refractivity contribution in [3.05, 3.63) is 18.3 Å². The van der Waals surface area contributed by atoms with Crippen molar-refractivity contribution in [1.82, 2.24) is 4.98 Å². The van der Waals surface area contributed by atoms with Gasteiger partial charge in [-0.3, -0.25) is 4.79 Å². The zero-order valence-corrected chi connectivity index (χ0v) is 13.9. The van der Waals surface area contributed by atoms with E-state index in [0.717, 1.165) is 30.5 Å². The van der Waals surface area contributed by atoms with Crippen LogP contribution in [0.25, 0.3) is 0 Å². The summed E-state index contributed by atoms with van der Waals surface area (Å²) in [6.07, 6.45) is 9.60. The molecule has 2 heterocycles. The lowest BCUT2D eigenvalue weighted by atomic mass is 9.99. The second kappa shape index (κ2) is 7.87. The van der Waals surface area contributed by atoms with Gasteiger partial charge in [-0.2, -0.15) is 0 Å². The minimum Gasteiger partial charge on any atom is -0.481 e. The molecule has 1 unspecified atom stereocenters. The number of hydrogen-bond acceptors (Lipinski definition) is 4. The molecule has 23 heavy (non-hydrogen) atoms. The van der Waals surface area contributed by atoms with Gasteiger partial charge in [-0.15, -0.1) is 6.42 Å². The van der Waals surface area contributed by atoms with Crippen molar-refractivity contribution in [3.63, 3.8) is 0 Å². The van der Waals surface area contributed by atoms with E-state index in [2.05, 4.69) is 22.7 Å². The zero-order chi connectivity index (χ0) is 16.8. The summed E-state index contributed by atoms with van der Waals surface area (Å²) < 4.78 is 0. The molecule has 0 aromatic carbocycles. The Morgan fingerprint density at radius 3 is 2.74 bits per heavy atom. The van der Waals surface area contributed by atoms with E-state index in [1.165, 1.54) is 12.8 Å². The molecule has 0 aliphatic carbocycles. The van der Waals surface area contributed by atoms with Crippen LogP contribution in [-0.4, -0.2) is 42.2 Å². The van der Waals surface area contributed by atoms with Crippen LogP contribution in [0.1, 0.15) is 26.7 Å². The molecule has 0 radical (unpaired) electrons. The summed E-state index contributed by atoms with van der Waals surface area (Å²) in [5.74, 6) is 3.05. The van der Waals surface area contributed by atoms with Gasteiger partial charge < -0.3 is 14.9 Å². The Hall–Kier alpha value is -2.22. The van der Waals surface area contributed by atoms with E-state index in [-0.39, 0.29) is 0 Å². The van der Waals surface area contributed by atoms with Crippen LogP contribution < -0.4 is 9.80 Å². The van der Waals surface area contributed by atoms with Crippen LogP contribution in [0.2, 0.25) is 0 Å². The summed E-state index contributed by atoms with van der Waals surface area (Å²) in [5.41, 5.74) is 0.866. The summed E-state index contributed by atoms with van der Waals surface area (Å²) in [7, 11) is 0. The maximum atomic E-state index is 11.1. The Labute approximate surface area is 138 Å². The molecular weight excluding hydrogens is 290 g/mol. The number of rotatable bonds is 6. The van der Waals surface area contributed by atoms with Crippen LogP contribution in [0.3, 0.4) is 0 Å². The van der Waals surface area contributed by atoms with E-state index in [1.54, 1.807) is 13.1 Å². The molecule has 1 saturated heterocycles. The fourth-order valence-corrected chi connectivity index (χ4v) is 2.77. The van der Waals surface area contributed by atoms with E-state index in [0.29, 0.717) is 13.1 Å². The minimum atomic E-state index is -0.820. The second-order valence-corrected chi connectivity index (χ2v) is 6.37. The van der Waals surface area contributed by atoms with E-state index in [9.17, 15) is 4.79 Å². The lowest BCUT2D eigenvalue weighted by Gasteiger charge is -2.31. The topological polar surface area (TPSA) is 56.7 Å². The summed E-state index contributed by atoms with van der Waals surface area (Å²) in [5, 5.41) is 9.08. The van der Waals surface area contributed by atoms with Gasteiger partial charge in [-0.1, -0.05) is 19.8 Å². The number of carboxylic acids is 1. The van der Waals surface area contributed by atoms with Gasteiger partial charge in [0.25, 0.3) is 0 Å². The molecule has 2 rings (SSSR count). The average Bonchev–Trinajstić information content (AvgIpc) is 2.55. The minimum absolute atomic E-state index is 0.375. The molecule has 5 heteroatoms. The molecule has 0 bridgehead atoms. The Morgan fingerprint density at radius 1 is 1.52 bits per heavy atom. The van der Waals surface area contributed by atoms with E-state index < -0.39 is 11.9 Å². The monoisotopic (exact) mass is 315 g/mol.